The minimum absolute atomic E-state index is 0.176. The van der Waals surface area contributed by atoms with Crippen LogP contribution < -0.4 is 9.47 Å². The summed E-state index contributed by atoms with van der Waals surface area (Å²) in [6, 6.07) is 8.63. The predicted octanol–water partition coefficient (Wildman–Crippen LogP) is 1.50. The molecule has 0 aliphatic carbocycles. The van der Waals surface area contributed by atoms with Crippen molar-refractivity contribution in [2.75, 3.05) is 14.2 Å². The standard InChI is InChI=1S/C20H22O7/c1-25-13-5-3-11(4-6-13)19-20(26-2)18(24)17-15(10-23)14(9-22)12(8-21)7-16(17)27-19/h3-7,19-23H,8-10H2,1-2H3. The van der Waals surface area contributed by atoms with Crippen LogP contribution in [0.1, 0.15) is 38.7 Å². The number of ketones is 1. The maximum Gasteiger partial charge on any atom is 0.199 e. The van der Waals surface area contributed by atoms with Crippen LogP contribution in [-0.2, 0) is 24.6 Å². The zero-order chi connectivity index (χ0) is 19.6. The molecule has 0 saturated heterocycles. The van der Waals surface area contributed by atoms with Gasteiger partial charge in [0, 0.05) is 7.11 Å². The summed E-state index contributed by atoms with van der Waals surface area (Å²) in [6.45, 7) is -1.23. The summed E-state index contributed by atoms with van der Waals surface area (Å²) in [5.41, 5.74) is 1.88. The number of aliphatic hydroxyl groups is 3. The Hall–Kier alpha value is -2.45. The SMILES string of the molecule is COc1ccc(C2Oc3cc(CO)c(CO)c(CO)c3C(=O)C2OC)cc1. The van der Waals surface area contributed by atoms with Crippen LogP contribution >= 0.6 is 0 Å². The molecule has 2 aromatic rings. The normalized spacial score (nSPS) is 18.8. The monoisotopic (exact) mass is 374 g/mol. The number of carbonyl (C=O) groups is 1. The molecule has 0 aromatic heterocycles. The third kappa shape index (κ3) is 3.30. The van der Waals surface area contributed by atoms with Crippen molar-refractivity contribution in [3.05, 3.63) is 58.1 Å². The molecule has 0 saturated carbocycles. The smallest absolute Gasteiger partial charge is 0.199 e. The molecule has 3 rings (SSSR count). The second-order valence-electron chi connectivity index (χ2n) is 6.17. The van der Waals surface area contributed by atoms with E-state index in [1.807, 2.05) is 0 Å². The van der Waals surface area contributed by atoms with Crippen LogP contribution in [0, 0.1) is 0 Å². The lowest BCUT2D eigenvalue weighted by Crippen LogP contribution is -2.38. The first-order valence-corrected chi connectivity index (χ1v) is 8.47. The summed E-state index contributed by atoms with van der Waals surface area (Å²) >= 11 is 0. The van der Waals surface area contributed by atoms with Crippen LogP contribution in [0.3, 0.4) is 0 Å². The van der Waals surface area contributed by atoms with E-state index in [1.54, 1.807) is 31.4 Å². The number of Topliss-reactive ketones (excluding diaryl/α,β-unsaturated/α-hetero) is 1. The summed E-state index contributed by atoms with van der Waals surface area (Å²) in [5, 5.41) is 29.0. The molecule has 0 bridgehead atoms. The number of hydrogen-bond acceptors (Lipinski definition) is 7. The molecule has 3 N–H and O–H groups in total. The van der Waals surface area contributed by atoms with E-state index in [-0.39, 0.29) is 29.3 Å². The highest BCUT2D eigenvalue weighted by molar-refractivity contribution is 6.05. The highest BCUT2D eigenvalue weighted by Gasteiger charge is 2.40. The van der Waals surface area contributed by atoms with Gasteiger partial charge in [-0.15, -0.1) is 0 Å². The Bertz CT molecular complexity index is 829. The van der Waals surface area contributed by atoms with E-state index >= 15 is 0 Å². The summed E-state index contributed by atoms with van der Waals surface area (Å²) in [5.74, 6) is 0.579. The van der Waals surface area contributed by atoms with Crippen molar-refractivity contribution in [3.63, 3.8) is 0 Å². The fourth-order valence-electron chi connectivity index (χ4n) is 3.43. The zero-order valence-corrected chi connectivity index (χ0v) is 15.1. The summed E-state index contributed by atoms with van der Waals surface area (Å²) in [4.78, 5) is 13.1. The molecule has 1 aliphatic heterocycles. The third-order valence-corrected chi connectivity index (χ3v) is 4.82. The molecular formula is C20H22O7. The number of aliphatic hydroxyl groups excluding tert-OH is 3. The van der Waals surface area contributed by atoms with Crippen molar-refractivity contribution in [3.8, 4) is 11.5 Å². The largest absolute Gasteiger partial charge is 0.497 e. The average molecular weight is 374 g/mol. The van der Waals surface area contributed by atoms with E-state index in [9.17, 15) is 20.1 Å². The number of carbonyl (C=O) groups excluding carboxylic acids is 1. The van der Waals surface area contributed by atoms with Gasteiger partial charge in [-0.05, 0) is 40.5 Å². The summed E-state index contributed by atoms with van der Waals surface area (Å²) < 4.78 is 16.6. The van der Waals surface area contributed by atoms with Crippen molar-refractivity contribution in [2.24, 2.45) is 0 Å². The highest BCUT2D eigenvalue weighted by atomic mass is 16.5. The molecule has 1 aliphatic rings. The van der Waals surface area contributed by atoms with Crippen LogP contribution in [-0.4, -0.2) is 41.4 Å². The van der Waals surface area contributed by atoms with Gasteiger partial charge in [-0.2, -0.15) is 0 Å². The fraction of sp³-hybridized carbons (Fsp3) is 0.350. The zero-order valence-electron chi connectivity index (χ0n) is 15.1. The van der Waals surface area contributed by atoms with Crippen LogP contribution in [0.2, 0.25) is 0 Å². The highest BCUT2D eigenvalue weighted by Crippen LogP contribution is 2.40. The number of rotatable bonds is 6. The second kappa shape index (κ2) is 8.06. The van der Waals surface area contributed by atoms with Gasteiger partial charge >= 0.3 is 0 Å². The first-order chi connectivity index (χ1) is 13.1. The number of hydrogen-bond donors (Lipinski definition) is 3. The molecule has 1 heterocycles. The van der Waals surface area contributed by atoms with Gasteiger partial charge < -0.3 is 29.5 Å². The molecule has 7 nitrogen and oxygen atoms in total. The minimum atomic E-state index is -0.914. The molecule has 0 spiro atoms. The van der Waals surface area contributed by atoms with Crippen molar-refractivity contribution in [2.45, 2.75) is 32.0 Å². The quantitative estimate of drug-likeness (QED) is 0.704. The Morgan fingerprint density at radius 1 is 1.00 bits per heavy atom. The van der Waals surface area contributed by atoms with Crippen molar-refractivity contribution >= 4 is 5.78 Å². The first kappa shape index (κ1) is 19.3. The molecule has 2 aromatic carbocycles. The van der Waals surface area contributed by atoms with Gasteiger partial charge in [0.1, 0.15) is 11.5 Å². The fourth-order valence-corrected chi connectivity index (χ4v) is 3.43. The van der Waals surface area contributed by atoms with Crippen LogP contribution in [0.4, 0.5) is 0 Å². The van der Waals surface area contributed by atoms with E-state index in [1.165, 1.54) is 13.2 Å². The molecule has 2 atom stereocenters. The van der Waals surface area contributed by atoms with E-state index in [0.29, 0.717) is 16.9 Å². The Balaban J connectivity index is 2.13. The van der Waals surface area contributed by atoms with Gasteiger partial charge in [0.25, 0.3) is 0 Å². The number of benzene rings is 2. The molecule has 7 heteroatoms. The lowest BCUT2D eigenvalue weighted by atomic mass is 9.87. The van der Waals surface area contributed by atoms with E-state index in [4.69, 9.17) is 14.2 Å². The Morgan fingerprint density at radius 3 is 2.19 bits per heavy atom. The van der Waals surface area contributed by atoms with Crippen LogP contribution in [0.25, 0.3) is 0 Å². The number of methoxy groups -OCH3 is 2. The van der Waals surface area contributed by atoms with Crippen LogP contribution in [0.15, 0.2) is 30.3 Å². The number of ether oxygens (including phenoxy) is 3. The average Bonchev–Trinajstić information content (AvgIpc) is 2.72. The van der Waals surface area contributed by atoms with Gasteiger partial charge in [0.15, 0.2) is 18.0 Å². The lowest BCUT2D eigenvalue weighted by molar-refractivity contribution is -0.00113. The molecule has 27 heavy (non-hydrogen) atoms. The summed E-state index contributed by atoms with van der Waals surface area (Å²) in [6.07, 6.45) is -1.61. The molecular weight excluding hydrogens is 352 g/mol. The van der Waals surface area contributed by atoms with Gasteiger partial charge in [-0.3, -0.25) is 4.79 Å². The second-order valence-corrected chi connectivity index (χ2v) is 6.17. The van der Waals surface area contributed by atoms with E-state index in [2.05, 4.69) is 0 Å². The molecule has 0 fully saturated rings. The molecule has 0 amide bonds. The van der Waals surface area contributed by atoms with Crippen molar-refractivity contribution < 1.29 is 34.3 Å². The predicted molar refractivity (Wildman–Crippen MR) is 95.7 cm³/mol. The lowest BCUT2D eigenvalue weighted by Gasteiger charge is -2.34. The van der Waals surface area contributed by atoms with Gasteiger partial charge in [-0.25, -0.2) is 0 Å². The first-order valence-electron chi connectivity index (χ1n) is 8.47. The molecule has 0 radical (unpaired) electrons. The molecule has 144 valence electrons. The molecule has 2 unspecified atom stereocenters. The van der Waals surface area contributed by atoms with Crippen molar-refractivity contribution in [1.82, 2.24) is 0 Å². The topological polar surface area (TPSA) is 105 Å². The van der Waals surface area contributed by atoms with E-state index in [0.717, 1.165) is 5.56 Å². The van der Waals surface area contributed by atoms with E-state index < -0.39 is 25.4 Å². The third-order valence-electron chi connectivity index (χ3n) is 4.82. The van der Waals surface area contributed by atoms with Crippen molar-refractivity contribution in [1.29, 1.82) is 0 Å². The van der Waals surface area contributed by atoms with Crippen LogP contribution in [0.5, 0.6) is 11.5 Å². The van der Waals surface area contributed by atoms with Gasteiger partial charge in [0.05, 0.1) is 32.5 Å². The van der Waals surface area contributed by atoms with Gasteiger partial charge in [-0.1, -0.05) is 12.1 Å². The Kier molecular flexibility index (Phi) is 5.76. The number of fused-ring (bicyclic) bond motifs is 1. The maximum absolute atomic E-state index is 13.1. The minimum Gasteiger partial charge on any atom is -0.497 e. The van der Waals surface area contributed by atoms with Gasteiger partial charge in [0.2, 0.25) is 0 Å². The maximum atomic E-state index is 13.1. The summed E-state index contributed by atoms with van der Waals surface area (Å²) in [7, 11) is 2.98. The Morgan fingerprint density at radius 2 is 1.67 bits per heavy atom. The Labute approximate surface area is 156 Å².